The van der Waals surface area contributed by atoms with Crippen LogP contribution in [0.5, 0.6) is 0 Å². The van der Waals surface area contributed by atoms with E-state index in [4.69, 9.17) is 9.47 Å². The average molecular weight is 428 g/mol. The number of morpholine rings is 1. The van der Waals surface area contributed by atoms with E-state index < -0.39 is 21.7 Å². The maximum absolute atomic E-state index is 12.7. The van der Waals surface area contributed by atoms with Crippen LogP contribution >= 0.6 is 0 Å². The first-order valence-corrected chi connectivity index (χ1v) is 11.0. The normalized spacial score (nSPS) is 15.6. The highest BCUT2D eigenvalue weighted by Crippen LogP contribution is 2.20. The Kier molecular flexibility index (Phi) is 8.00. The molecule has 1 aromatic rings. The summed E-state index contributed by atoms with van der Waals surface area (Å²) in [6.45, 7) is 6.97. The topological polar surface area (TPSA) is 114 Å². The van der Waals surface area contributed by atoms with Crippen molar-refractivity contribution in [2.75, 3.05) is 38.2 Å². The third kappa shape index (κ3) is 7.64. The molecule has 0 saturated carbocycles. The largest absolute Gasteiger partial charge is 0.444 e. The molecule has 162 valence electrons. The molecular weight excluding hydrogens is 398 g/mol. The Morgan fingerprint density at radius 3 is 2.55 bits per heavy atom. The summed E-state index contributed by atoms with van der Waals surface area (Å²) >= 11 is 0. The van der Waals surface area contributed by atoms with Crippen LogP contribution < -0.4 is 10.6 Å². The molecule has 1 fully saturated rings. The molecule has 1 aromatic carbocycles. The number of alkyl carbamates (subject to hydrolysis) is 1. The van der Waals surface area contributed by atoms with Gasteiger partial charge in [0.15, 0.2) is 0 Å². The molecule has 0 unspecified atom stereocenters. The van der Waals surface area contributed by atoms with Crippen molar-refractivity contribution in [1.82, 2.24) is 9.62 Å². The monoisotopic (exact) mass is 427 g/mol. The molecule has 1 saturated heterocycles. The molecule has 1 aliphatic rings. The second-order valence-electron chi connectivity index (χ2n) is 7.62. The van der Waals surface area contributed by atoms with E-state index in [1.807, 2.05) is 0 Å². The molecule has 2 N–H and O–H groups in total. The first-order chi connectivity index (χ1) is 13.6. The van der Waals surface area contributed by atoms with Crippen molar-refractivity contribution < 1.29 is 27.5 Å². The van der Waals surface area contributed by atoms with Crippen LogP contribution in [0, 0.1) is 0 Å². The van der Waals surface area contributed by atoms with E-state index in [2.05, 4.69) is 10.6 Å². The third-order valence-corrected chi connectivity index (χ3v) is 5.87. The van der Waals surface area contributed by atoms with E-state index in [-0.39, 0.29) is 17.2 Å². The fourth-order valence-electron chi connectivity index (χ4n) is 2.65. The number of sulfonamides is 1. The Bertz CT molecular complexity index is 813. The van der Waals surface area contributed by atoms with Crippen LogP contribution in [0.25, 0.3) is 0 Å². The Hall–Kier alpha value is -2.17. The van der Waals surface area contributed by atoms with E-state index in [0.29, 0.717) is 45.0 Å². The molecular formula is C19H29N3O6S. The van der Waals surface area contributed by atoms with E-state index in [9.17, 15) is 18.0 Å². The van der Waals surface area contributed by atoms with Gasteiger partial charge in [-0.3, -0.25) is 4.79 Å². The molecule has 0 aromatic heterocycles. The number of carbonyl (C=O) groups is 2. The smallest absolute Gasteiger partial charge is 0.407 e. The first-order valence-electron chi connectivity index (χ1n) is 9.52. The highest BCUT2D eigenvalue weighted by Gasteiger charge is 2.26. The Balaban J connectivity index is 1.83. The summed E-state index contributed by atoms with van der Waals surface area (Å²) in [6.07, 6.45) is 0.0755. The van der Waals surface area contributed by atoms with Crippen LogP contribution in [-0.4, -0.2) is 63.2 Å². The number of carbonyl (C=O) groups excluding carboxylic acids is 2. The summed E-state index contributed by atoms with van der Waals surface area (Å²) in [4.78, 5) is 23.8. The summed E-state index contributed by atoms with van der Waals surface area (Å²) in [6, 6.07) is 6.18. The Labute approximate surface area is 171 Å². The number of hydrogen-bond donors (Lipinski definition) is 2. The van der Waals surface area contributed by atoms with Crippen molar-refractivity contribution >= 4 is 27.7 Å². The Morgan fingerprint density at radius 2 is 1.90 bits per heavy atom. The number of benzene rings is 1. The zero-order chi connectivity index (χ0) is 21.5. The number of ether oxygens (including phenoxy) is 2. The second-order valence-corrected chi connectivity index (χ2v) is 9.56. The quantitative estimate of drug-likeness (QED) is 0.643. The lowest BCUT2D eigenvalue weighted by Crippen LogP contribution is -2.40. The van der Waals surface area contributed by atoms with E-state index in [1.165, 1.54) is 16.4 Å². The number of nitrogens with zero attached hydrogens (tertiary/aromatic N) is 1. The van der Waals surface area contributed by atoms with Crippen LogP contribution in [0.1, 0.15) is 33.6 Å². The third-order valence-electron chi connectivity index (χ3n) is 3.97. The van der Waals surface area contributed by atoms with Gasteiger partial charge in [0, 0.05) is 31.7 Å². The minimum Gasteiger partial charge on any atom is -0.444 e. The summed E-state index contributed by atoms with van der Waals surface area (Å²) < 4.78 is 37.1. The van der Waals surface area contributed by atoms with Crippen LogP contribution in [0.3, 0.4) is 0 Å². The molecule has 0 atom stereocenters. The van der Waals surface area contributed by atoms with Gasteiger partial charge in [0.1, 0.15) is 5.60 Å². The molecule has 1 aliphatic heterocycles. The standard InChI is InChI=1S/C19H29N3O6S/c1-19(2,3)28-18(24)20-9-5-8-17(23)21-15-6-4-7-16(14-15)29(25,26)22-10-12-27-13-11-22/h4,6-7,14H,5,8-13H2,1-3H3,(H,20,24)(H,21,23). The summed E-state index contributed by atoms with van der Waals surface area (Å²) in [5.74, 6) is -0.267. The van der Waals surface area contributed by atoms with Crippen LogP contribution in [0.15, 0.2) is 29.2 Å². The maximum Gasteiger partial charge on any atom is 0.407 e. The van der Waals surface area contributed by atoms with Gasteiger partial charge < -0.3 is 20.1 Å². The van der Waals surface area contributed by atoms with Gasteiger partial charge in [0.2, 0.25) is 15.9 Å². The molecule has 2 rings (SSSR count). The van der Waals surface area contributed by atoms with Crippen molar-refractivity contribution in [3.8, 4) is 0 Å². The minimum atomic E-state index is -3.63. The lowest BCUT2D eigenvalue weighted by Gasteiger charge is -2.26. The Morgan fingerprint density at radius 1 is 1.21 bits per heavy atom. The zero-order valence-corrected chi connectivity index (χ0v) is 17.9. The van der Waals surface area contributed by atoms with Crippen molar-refractivity contribution in [3.63, 3.8) is 0 Å². The average Bonchev–Trinajstić information content (AvgIpc) is 2.65. The molecule has 0 radical (unpaired) electrons. The van der Waals surface area contributed by atoms with Crippen LogP contribution in [-0.2, 0) is 24.3 Å². The minimum absolute atomic E-state index is 0.129. The molecule has 0 aliphatic carbocycles. The van der Waals surface area contributed by atoms with Crippen LogP contribution in [0.4, 0.5) is 10.5 Å². The van der Waals surface area contributed by atoms with Gasteiger partial charge in [-0.25, -0.2) is 13.2 Å². The number of anilines is 1. The summed E-state index contributed by atoms with van der Waals surface area (Å²) in [7, 11) is -3.63. The highest BCUT2D eigenvalue weighted by molar-refractivity contribution is 7.89. The van der Waals surface area contributed by atoms with Gasteiger partial charge in [-0.2, -0.15) is 4.31 Å². The second kappa shape index (κ2) is 10.0. The number of nitrogens with one attached hydrogen (secondary N) is 2. The fraction of sp³-hybridized carbons (Fsp3) is 0.579. The van der Waals surface area contributed by atoms with Gasteiger partial charge in [0.05, 0.1) is 18.1 Å². The highest BCUT2D eigenvalue weighted by atomic mass is 32.2. The fourth-order valence-corrected chi connectivity index (χ4v) is 4.10. The van der Waals surface area contributed by atoms with Crippen molar-refractivity contribution in [1.29, 1.82) is 0 Å². The first kappa shape index (κ1) is 23.1. The molecule has 0 spiro atoms. The van der Waals surface area contributed by atoms with Gasteiger partial charge in [-0.1, -0.05) is 6.07 Å². The number of rotatable bonds is 7. The maximum atomic E-state index is 12.7. The van der Waals surface area contributed by atoms with Gasteiger partial charge in [0.25, 0.3) is 0 Å². The SMILES string of the molecule is CC(C)(C)OC(=O)NCCCC(=O)Nc1cccc(S(=O)(=O)N2CCOCC2)c1. The summed E-state index contributed by atoms with van der Waals surface area (Å²) in [5.41, 5.74) is -0.168. The molecule has 0 bridgehead atoms. The van der Waals surface area contributed by atoms with Crippen LogP contribution in [0.2, 0.25) is 0 Å². The lowest BCUT2D eigenvalue weighted by molar-refractivity contribution is -0.116. The zero-order valence-electron chi connectivity index (χ0n) is 17.1. The molecule has 9 nitrogen and oxygen atoms in total. The van der Waals surface area contributed by atoms with Crippen molar-refractivity contribution in [2.45, 2.75) is 44.1 Å². The van der Waals surface area contributed by atoms with Crippen molar-refractivity contribution in [3.05, 3.63) is 24.3 Å². The van der Waals surface area contributed by atoms with E-state index in [0.717, 1.165) is 0 Å². The molecule has 10 heteroatoms. The lowest BCUT2D eigenvalue weighted by atomic mass is 10.2. The number of hydrogen-bond acceptors (Lipinski definition) is 6. The van der Waals surface area contributed by atoms with E-state index >= 15 is 0 Å². The molecule has 1 heterocycles. The molecule has 29 heavy (non-hydrogen) atoms. The van der Waals surface area contributed by atoms with E-state index in [1.54, 1.807) is 32.9 Å². The molecule has 2 amide bonds. The summed E-state index contributed by atoms with van der Waals surface area (Å²) in [5, 5.41) is 5.28. The van der Waals surface area contributed by atoms with Gasteiger partial charge in [-0.15, -0.1) is 0 Å². The van der Waals surface area contributed by atoms with Gasteiger partial charge in [-0.05, 0) is 45.4 Å². The predicted molar refractivity (Wildman–Crippen MR) is 108 cm³/mol. The van der Waals surface area contributed by atoms with Gasteiger partial charge >= 0.3 is 6.09 Å². The number of amides is 2. The predicted octanol–water partition coefficient (Wildman–Crippen LogP) is 1.95. The van der Waals surface area contributed by atoms with Crippen molar-refractivity contribution in [2.24, 2.45) is 0 Å².